The van der Waals surface area contributed by atoms with Crippen LogP contribution in [0.4, 0.5) is 0 Å². The minimum atomic E-state index is 0.233. The number of hydrogen-bond donors (Lipinski definition) is 2. The maximum absolute atomic E-state index is 8.62. The van der Waals surface area contributed by atoms with Crippen molar-refractivity contribution in [3.63, 3.8) is 0 Å². The third kappa shape index (κ3) is 6.39. The molecule has 10 heavy (non-hydrogen) atoms. The second-order valence-corrected chi connectivity index (χ2v) is 3.63. The Hall–Kier alpha value is 0.270. The lowest BCUT2D eigenvalue weighted by Gasteiger charge is -2.08. The molecule has 0 amide bonds. The maximum Gasteiger partial charge on any atom is 0.0581 e. The van der Waals surface area contributed by atoms with Gasteiger partial charge in [-0.3, -0.25) is 0 Å². The number of nitrogens with one attached hydrogen (secondary N) is 1. The van der Waals surface area contributed by atoms with Crippen LogP contribution < -0.4 is 5.32 Å². The molecule has 0 spiro atoms. The van der Waals surface area contributed by atoms with Crippen molar-refractivity contribution in [2.75, 3.05) is 24.7 Å². The Bertz CT molecular complexity index is 70.6. The summed E-state index contributed by atoms with van der Waals surface area (Å²) in [6.07, 6.45) is 0. The Labute approximate surface area is 67.4 Å². The lowest BCUT2D eigenvalue weighted by molar-refractivity contribution is 0.254. The largest absolute Gasteiger partial charge is 0.395 e. The highest BCUT2D eigenvalue weighted by molar-refractivity contribution is 7.99. The first kappa shape index (κ1) is 10.3. The molecule has 0 unspecified atom stereocenters. The van der Waals surface area contributed by atoms with E-state index >= 15 is 0 Å². The van der Waals surface area contributed by atoms with Crippen LogP contribution >= 0.6 is 11.8 Å². The van der Waals surface area contributed by atoms with Crippen LogP contribution in [0.5, 0.6) is 0 Å². The molecule has 2 nitrogen and oxygen atoms in total. The Morgan fingerprint density at radius 2 is 2.30 bits per heavy atom. The molecule has 1 atom stereocenters. The fraction of sp³-hybridized carbons (Fsp3) is 1.00. The van der Waals surface area contributed by atoms with Gasteiger partial charge in [-0.1, -0.05) is 6.92 Å². The third-order valence-corrected chi connectivity index (χ3v) is 2.12. The molecule has 0 rings (SSSR count). The summed E-state index contributed by atoms with van der Waals surface area (Å²) in [7, 11) is 0. The van der Waals surface area contributed by atoms with Crippen LogP contribution in [0, 0.1) is 0 Å². The molecule has 0 saturated carbocycles. The van der Waals surface area contributed by atoms with Crippen LogP contribution in [0.25, 0.3) is 0 Å². The quantitative estimate of drug-likeness (QED) is 0.566. The van der Waals surface area contributed by atoms with E-state index in [0.717, 1.165) is 12.3 Å². The normalized spacial score (nSPS) is 13.5. The Balaban J connectivity index is 2.89. The van der Waals surface area contributed by atoms with Crippen molar-refractivity contribution in [2.45, 2.75) is 19.9 Å². The van der Waals surface area contributed by atoms with Crippen LogP contribution in [-0.2, 0) is 0 Å². The van der Waals surface area contributed by atoms with E-state index in [1.54, 1.807) is 0 Å². The smallest absolute Gasteiger partial charge is 0.0581 e. The second kappa shape index (κ2) is 7.38. The summed E-state index contributed by atoms with van der Waals surface area (Å²) in [5.41, 5.74) is 0. The van der Waals surface area contributed by atoms with Crippen molar-refractivity contribution in [3.8, 4) is 0 Å². The highest BCUT2D eigenvalue weighted by atomic mass is 32.2. The fourth-order valence-corrected chi connectivity index (χ4v) is 1.14. The number of rotatable bonds is 6. The van der Waals surface area contributed by atoms with Crippen LogP contribution in [-0.4, -0.2) is 35.8 Å². The Morgan fingerprint density at radius 1 is 1.60 bits per heavy atom. The van der Waals surface area contributed by atoms with Crippen molar-refractivity contribution in [2.24, 2.45) is 0 Å². The molecule has 0 aliphatic carbocycles. The summed E-state index contributed by atoms with van der Waals surface area (Å²) < 4.78 is 0. The molecule has 0 saturated heterocycles. The lowest BCUT2D eigenvalue weighted by Crippen LogP contribution is -2.31. The minimum absolute atomic E-state index is 0.233. The van der Waals surface area contributed by atoms with E-state index in [9.17, 15) is 0 Å². The first-order chi connectivity index (χ1) is 4.81. The summed E-state index contributed by atoms with van der Waals surface area (Å²) in [5, 5.41) is 11.8. The number of aliphatic hydroxyl groups is 1. The SMILES string of the molecule is CCSCCN[C@H](C)CO. The van der Waals surface area contributed by atoms with E-state index in [4.69, 9.17) is 5.11 Å². The minimum Gasteiger partial charge on any atom is -0.395 e. The summed E-state index contributed by atoms with van der Waals surface area (Å²) >= 11 is 1.92. The van der Waals surface area contributed by atoms with Gasteiger partial charge in [-0.05, 0) is 12.7 Å². The van der Waals surface area contributed by atoms with Gasteiger partial charge in [0.2, 0.25) is 0 Å². The summed E-state index contributed by atoms with van der Waals surface area (Å²) in [6, 6.07) is 0.248. The van der Waals surface area contributed by atoms with Gasteiger partial charge >= 0.3 is 0 Å². The molecule has 2 N–H and O–H groups in total. The zero-order valence-electron chi connectivity index (χ0n) is 6.76. The van der Waals surface area contributed by atoms with Gasteiger partial charge in [0.25, 0.3) is 0 Å². The lowest BCUT2D eigenvalue weighted by atomic mass is 10.4. The molecule has 0 aliphatic heterocycles. The van der Waals surface area contributed by atoms with E-state index in [2.05, 4.69) is 12.2 Å². The van der Waals surface area contributed by atoms with Crippen molar-refractivity contribution in [1.29, 1.82) is 0 Å². The molecule has 0 aromatic heterocycles. The van der Waals surface area contributed by atoms with Gasteiger partial charge in [-0.2, -0.15) is 11.8 Å². The molecule has 0 radical (unpaired) electrons. The van der Waals surface area contributed by atoms with Gasteiger partial charge in [0, 0.05) is 18.3 Å². The standard InChI is InChI=1S/C7H17NOS/c1-3-10-5-4-8-7(2)6-9/h7-9H,3-6H2,1-2H3/t7-/m1/s1. The number of thioether (sulfide) groups is 1. The van der Waals surface area contributed by atoms with Gasteiger partial charge in [0.15, 0.2) is 0 Å². The Morgan fingerprint density at radius 3 is 2.80 bits per heavy atom. The fourth-order valence-electron chi connectivity index (χ4n) is 0.586. The van der Waals surface area contributed by atoms with E-state index in [0.29, 0.717) is 0 Å². The summed E-state index contributed by atoms with van der Waals surface area (Å²) in [5.74, 6) is 2.32. The third-order valence-electron chi connectivity index (χ3n) is 1.22. The maximum atomic E-state index is 8.62. The van der Waals surface area contributed by atoms with Crippen molar-refractivity contribution in [3.05, 3.63) is 0 Å². The molecule has 3 heteroatoms. The molecular weight excluding hydrogens is 146 g/mol. The van der Waals surface area contributed by atoms with Crippen LogP contribution in [0.15, 0.2) is 0 Å². The molecular formula is C7H17NOS. The first-order valence-corrected chi connectivity index (χ1v) is 4.88. The van der Waals surface area contributed by atoms with Crippen LogP contribution in [0.2, 0.25) is 0 Å². The van der Waals surface area contributed by atoms with Crippen molar-refractivity contribution in [1.82, 2.24) is 5.32 Å². The predicted molar refractivity (Wildman–Crippen MR) is 47.5 cm³/mol. The molecule has 0 bridgehead atoms. The van der Waals surface area contributed by atoms with Crippen LogP contribution in [0.3, 0.4) is 0 Å². The number of aliphatic hydroxyl groups excluding tert-OH is 1. The van der Waals surface area contributed by atoms with Gasteiger partial charge in [0.05, 0.1) is 6.61 Å². The average Bonchev–Trinajstić information content (AvgIpc) is 1.98. The molecule has 0 aliphatic rings. The van der Waals surface area contributed by atoms with Crippen molar-refractivity contribution >= 4 is 11.8 Å². The van der Waals surface area contributed by atoms with E-state index in [1.165, 1.54) is 5.75 Å². The van der Waals surface area contributed by atoms with Crippen LogP contribution in [0.1, 0.15) is 13.8 Å². The molecule has 0 aromatic carbocycles. The number of hydrogen-bond acceptors (Lipinski definition) is 3. The Kier molecular flexibility index (Phi) is 7.58. The highest BCUT2D eigenvalue weighted by Crippen LogP contribution is 1.95. The van der Waals surface area contributed by atoms with Crippen molar-refractivity contribution < 1.29 is 5.11 Å². The van der Waals surface area contributed by atoms with Gasteiger partial charge in [-0.15, -0.1) is 0 Å². The first-order valence-electron chi connectivity index (χ1n) is 3.73. The van der Waals surface area contributed by atoms with E-state index in [-0.39, 0.29) is 12.6 Å². The van der Waals surface area contributed by atoms with E-state index < -0.39 is 0 Å². The van der Waals surface area contributed by atoms with Gasteiger partial charge in [-0.25, -0.2) is 0 Å². The predicted octanol–water partition coefficient (Wildman–Crippen LogP) is 0.710. The molecule has 62 valence electrons. The zero-order valence-corrected chi connectivity index (χ0v) is 7.58. The zero-order chi connectivity index (χ0) is 7.82. The van der Waals surface area contributed by atoms with Gasteiger partial charge < -0.3 is 10.4 Å². The molecule has 0 heterocycles. The highest BCUT2D eigenvalue weighted by Gasteiger charge is 1.95. The topological polar surface area (TPSA) is 32.3 Å². The van der Waals surface area contributed by atoms with Gasteiger partial charge in [0.1, 0.15) is 0 Å². The molecule has 0 fully saturated rings. The van der Waals surface area contributed by atoms with E-state index in [1.807, 2.05) is 18.7 Å². The monoisotopic (exact) mass is 163 g/mol. The second-order valence-electron chi connectivity index (χ2n) is 2.23. The summed E-state index contributed by atoms with van der Waals surface area (Å²) in [4.78, 5) is 0. The average molecular weight is 163 g/mol. The molecule has 0 aromatic rings. The summed E-state index contributed by atoms with van der Waals surface area (Å²) in [6.45, 7) is 5.37.